The number of hydrogen-bond acceptors (Lipinski definition) is 5. The van der Waals surface area contributed by atoms with Crippen molar-refractivity contribution in [1.29, 1.82) is 0 Å². The Kier molecular flexibility index (Phi) is 4.76. The maximum absolute atomic E-state index is 5.75. The number of thiazole rings is 1. The molecular weight excluding hydrogens is 260 g/mol. The van der Waals surface area contributed by atoms with E-state index in [1.165, 1.54) is 0 Å². The molecule has 0 radical (unpaired) electrons. The second-order valence-corrected chi connectivity index (χ2v) is 5.23. The van der Waals surface area contributed by atoms with Crippen LogP contribution in [-0.4, -0.2) is 18.6 Å². The van der Waals surface area contributed by atoms with Gasteiger partial charge in [-0.15, -0.1) is 11.3 Å². The van der Waals surface area contributed by atoms with Gasteiger partial charge in [-0.25, -0.2) is 4.98 Å². The van der Waals surface area contributed by atoms with Gasteiger partial charge in [-0.3, -0.25) is 0 Å². The minimum Gasteiger partial charge on any atom is -0.493 e. The van der Waals surface area contributed by atoms with E-state index in [0.29, 0.717) is 13.2 Å². The second-order valence-electron chi connectivity index (χ2n) is 4.17. The molecule has 4 nitrogen and oxygen atoms in total. The number of ether oxygens (including phenoxy) is 2. The van der Waals surface area contributed by atoms with E-state index in [-0.39, 0.29) is 0 Å². The van der Waals surface area contributed by atoms with Crippen LogP contribution in [0.4, 0.5) is 0 Å². The molecule has 0 saturated carbocycles. The topological polar surface area (TPSA) is 57.4 Å². The van der Waals surface area contributed by atoms with Gasteiger partial charge in [0.05, 0.1) is 17.8 Å². The van der Waals surface area contributed by atoms with Crippen LogP contribution in [0.1, 0.15) is 16.3 Å². The Balaban J connectivity index is 2.06. The average molecular weight is 278 g/mol. The first kappa shape index (κ1) is 13.8. The summed E-state index contributed by atoms with van der Waals surface area (Å²) in [7, 11) is 1.64. The summed E-state index contributed by atoms with van der Waals surface area (Å²) in [6.07, 6.45) is 0.835. The molecule has 1 heterocycles. The summed E-state index contributed by atoms with van der Waals surface area (Å²) in [4.78, 5) is 4.36. The highest BCUT2D eigenvalue weighted by molar-refractivity contribution is 7.09. The molecule has 0 amide bonds. The maximum atomic E-state index is 5.75. The third kappa shape index (κ3) is 3.68. The second kappa shape index (κ2) is 6.54. The quantitative estimate of drug-likeness (QED) is 0.882. The number of nitrogens with two attached hydrogens (primary N) is 1. The lowest BCUT2D eigenvalue weighted by atomic mass is 10.1. The van der Waals surface area contributed by atoms with E-state index in [1.54, 1.807) is 18.4 Å². The van der Waals surface area contributed by atoms with Gasteiger partial charge in [-0.2, -0.15) is 0 Å². The fourth-order valence-corrected chi connectivity index (χ4v) is 2.38. The van der Waals surface area contributed by atoms with E-state index in [0.717, 1.165) is 34.2 Å². The van der Waals surface area contributed by atoms with Crippen molar-refractivity contribution >= 4 is 11.3 Å². The van der Waals surface area contributed by atoms with E-state index >= 15 is 0 Å². The predicted octanol–water partition coefficient (Wildman–Crippen LogP) is 2.54. The number of aromatic nitrogens is 1. The van der Waals surface area contributed by atoms with E-state index in [9.17, 15) is 0 Å². The average Bonchev–Trinajstić information content (AvgIpc) is 2.83. The highest BCUT2D eigenvalue weighted by Gasteiger charge is 2.07. The lowest BCUT2D eigenvalue weighted by Gasteiger charge is -2.11. The zero-order valence-electron chi connectivity index (χ0n) is 11.2. The molecule has 5 heteroatoms. The number of nitrogens with zero attached hydrogens (tertiary/aromatic N) is 1. The summed E-state index contributed by atoms with van der Waals surface area (Å²) in [6, 6.07) is 5.90. The molecule has 0 saturated heterocycles. The first-order valence-corrected chi connectivity index (χ1v) is 7.01. The van der Waals surface area contributed by atoms with Crippen LogP contribution in [0.3, 0.4) is 0 Å². The first-order chi connectivity index (χ1) is 9.22. The normalized spacial score (nSPS) is 10.5. The van der Waals surface area contributed by atoms with Crippen LogP contribution < -0.4 is 15.2 Å². The number of rotatable bonds is 6. The van der Waals surface area contributed by atoms with Crippen molar-refractivity contribution in [2.45, 2.75) is 20.0 Å². The zero-order valence-corrected chi connectivity index (χ0v) is 12.0. The molecule has 1 aromatic carbocycles. The molecular formula is C14H18N2O2S. The Labute approximate surface area is 117 Å². The summed E-state index contributed by atoms with van der Waals surface area (Å²) >= 11 is 1.62. The summed E-state index contributed by atoms with van der Waals surface area (Å²) in [5.74, 6) is 1.46. The Hall–Kier alpha value is -1.59. The SMILES string of the molecule is COc1cc(CCN)ccc1OCc1csc(C)n1. The van der Waals surface area contributed by atoms with Crippen LogP contribution in [0.5, 0.6) is 11.5 Å². The fourth-order valence-electron chi connectivity index (χ4n) is 1.78. The van der Waals surface area contributed by atoms with Crippen LogP contribution in [0, 0.1) is 6.92 Å². The number of aryl methyl sites for hydroxylation is 1. The number of benzene rings is 1. The van der Waals surface area contributed by atoms with Crippen molar-refractivity contribution < 1.29 is 9.47 Å². The first-order valence-electron chi connectivity index (χ1n) is 6.13. The molecule has 0 aliphatic heterocycles. The van der Waals surface area contributed by atoms with Crippen molar-refractivity contribution in [2.75, 3.05) is 13.7 Å². The van der Waals surface area contributed by atoms with E-state index < -0.39 is 0 Å². The van der Waals surface area contributed by atoms with Crippen molar-refractivity contribution in [2.24, 2.45) is 5.73 Å². The molecule has 2 N–H and O–H groups in total. The Morgan fingerprint density at radius 2 is 2.16 bits per heavy atom. The third-order valence-corrected chi connectivity index (χ3v) is 3.53. The van der Waals surface area contributed by atoms with Crippen LogP contribution in [0.25, 0.3) is 0 Å². The van der Waals surface area contributed by atoms with Gasteiger partial charge < -0.3 is 15.2 Å². The Morgan fingerprint density at radius 1 is 1.32 bits per heavy atom. The van der Waals surface area contributed by atoms with E-state index in [4.69, 9.17) is 15.2 Å². The zero-order chi connectivity index (χ0) is 13.7. The van der Waals surface area contributed by atoms with Crippen molar-refractivity contribution in [1.82, 2.24) is 4.98 Å². The standard InChI is InChI=1S/C14H18N2O2S/c1-10-16-12(9-19-10)8-18-13-4-3-11(5-6-15)7-14(13)17-2/h3-4,7,9H,5-6,8,15H2,1-2H3. The van der Waals surface area contributed by atoms with Gasteiger partial charge in [-0.05, 0) is 37.6 Å². The summed E-state index contributed by atoms with van der Waals surface area (Å²) in [6.45, 7) is 3.06. The van der Waals surface area contributed by atoms with Gasteiger partial charge in [0.25, 0.3) is 0 Å². The molecule has 0 aliphatic carbocycles. The van der Waals surface area contributed by atoms with Crippen LogP contribution in [-0.2, 0) is 13.0 Å². The van der Waals surface area contributed by atoms with Gasteiger partial charge >= 0.3 is 0 Å². The van der Waals surface area contributed by atoms with Gasteiger partial charge in [0.15, 0.2) is 11.5 Å². The van der Waals surface area contributed by atoms with Gasteiger partial charge in [0, 0.05) is 5.38 Å². The molecule has 2 rings (SSSR count). The van der Waals surface area contributed by atoms with Gasteiger partial charge in [0.2, 0.25) is 0 Å². The van der Waals surface area contributed by atoms with Crippen LogP contribution in [0.15, 0.2) is 23.6 Å². The molecule has 102 valence electrons. The van der Waals surface area contributed by atoms with Crippen molar-refractivity contribution in [3.8, 4) is 11.5 Å². The molecule has 19 heavy (non-hydrogen) atoms. The van der Waals surface area contributed by atoms with E-state index in [2.05, 4.69) is 4.98 Å². The molecule has 1 aromatic heterocycles. The van der Waals surface area contributed by atoms with Crippen LogP contribution in [0.2, 0.25) is 0 Å². The number of methoxy groups -OCH3 is 1. The molecule has 0 unspecified atom stereocenters. The monoisotopic (exact) mass is 278 g/mol. The molecule has 0 aliphatic rings. The molecule has 2 aromatic rings. The molecule has 0 spiro atoms. The maximum Gasteiger partial charge on any atom is 0.161 e. The van der Waals surface area contributed by atoms with Crippen molar-refractivity contribution in [3.05, 3.63) is 39.8 Å². The molecule has 0 bridgehead atoms. The van der Waals surface area contributed by atoms with E-state index in [1.807, 2.05) is 30.5 Å². The minimum atomic E-state index is 0.455. The lowest BCUT2D eigenvalue weighted by Crippen LogP contribution is -2.03. The number of hydrogen-bond donors (Lipinski definition) is 1. The molecule has 0 fully saturated rings. The Morgan fingerprint density at radius 3 is 2.79 bits per heavy atom. The fraction of sp³-hybridized carbons (Fsp3) is 0.357. The summed E-state index contributed by atoms with van der Waals surface area (Å²) in [5, 5.41) is 3.05. The van der Waals surface area contributed by atoms with Crippen LogP contribution >= 0.6 is 11.3 Å². The summed E-state index contributed by atoms with van der Waals surface area (Å²) < 4.78 is 11.1. The predicted molar refractivity (Wildman–Crippen MR) is 76.9 cm³/mol. The summed E-state index contributed by atoms with van der Waals surface area (Å²) in [5.41, 5.74) is 7.64. The third-order valence-electron chi connectivity index (χ3n) is 2.70. The highest BCUT2D eigenvalue weighted by atomic mass is 32.1. The highest BCUT2D eigenvalue weighted by Crippen LogP contribution is 2.29. The minimum absolute atomic E-state index is 0.455. The molecule has 0 atom stereocenters. The lowest BCUT2D eigenvalue weighted by molar-refractivity contribution is 0.281. The largest absolute Gasteiger partial charge is 0.493 e. The van der Waals surface area contributed by atoms with Crippen molar-refractivity contribution in [3.63, 3.8) is 0 Å². The van der Waals surface area contributed by atoms with Gasteiger partial charge in [-0.1, -0.05) is 6.07 Å². The smallest absolute Gasteiger partial charge is 0.161 e. The van der Waals surface area contributed by atoms with Gasteiger partial charge in [0.1, 0.15) is 6.61 Å². The Bertz CT molecular complexity index is 540.